The summed E-state index contributed by atoms with van der Waals surface area (Å²) in [5.74, 6) is -0.124. The lowest BCUT2D eigenvalue weighted by Gasteiger charge is -2.20. The maximum absolute atomic E-state index is 12.3. The SMILES string of the molecule is CN(Cc1ccc(Br)cc1)C(=O)C(N)c1cnn(C)c1. The summed E-state index contributed by atoms with van der Waals surface area (Å²) in [6, 6.07) is 7.18. The largest absolute Gasteiger partial charge is 0.340 e. The molecule has 106 valence electrons. The van der Waals surface area contributed by atoms with Gasteiger partial charge in [-0.1, -0.05) is 28.1 Å². The van der Waals surface area contributed by atoms with E-state index in [1.807, 2.05) is 24.3 Å². The standard InChI is InChI=1S/C14H17BrN4O/c1-18(8-10-3-5-12(15)6-4-10)14(20)13(16)11-7-17-19(2)9-11/h3-7,9,13H,8,16H2,1-2H3. The Morgan fingerprint density at radius 1 is 1.45 bits per heavy atom. The van der Waals surface area contributed by atoms with Crippen LogP contribution in [-0.2, 0) is 18.4 Å². The first-order chi connectivity index (χ1) is 9.47. The predicted molar refractivity (Wildman–Crippen MR) is 80.8 cm³/mol. The second kappa shape index (κ2) is 6.19. The van der Waals surface area contributed by atoms with E-state index in [1.165, 1.54) is 0 Å². The van der Waals surface area contributed by atoms with Crippen LogP contribution in [0.25, 0.3) is 0 Å². The molecule has 0 saturated carbocycles. The zero-order valence-corrected chi connectivity index (χ0v) is 13.0. The monoisotopic (exact) mass is 336 g/mol. The van der Waals surface area contributed by atoms with Crippen LogP contribution in [0.3, 0.4) is 0 Å². The quantitative estimate of drug-likeness (QED) is 0.926. The molecule has 5 nitrogen and oxygen atoms in total. The van der Waals surface area contributed by atoms with Gasteiger partial charge >= 0.3 is 0 Å². The Morgan fingerprint density at radius 3 is 2.65 bits per heavy atom. The van der Waals surface area contributed by atoms with Gasteiger partial charge < -0.3 is 10.6 Å². The highest BCUT2D eigenvalue weighted by Gasteiger charge is 2.21. The minimum absolute atomic E-state index is 0.124. The van der Waals surface area contributed by atoms with E-state index < -0.39 is 6.04 Å². The van der Waals surface area contributed by atoms with Crippen molar-refractivity contribution in [2.45, 2.75) is 12.6 Å². The average molecular weight is 337 g/mol. The van der Waals surface area contributed by atoms with Gasteiger partial charge in [0, 0.05) is 36.9 Å². The molecule has 0 spiro atoms. The van der Waals surface area contributed by atoms with E-state index in [1.54, 1.807) is 36.1 Å². The third kappa shape index (κ3) is 3.46. The van der Waals surface area contributed by atoms with Crippen LogP contribution in [0.4, 0.5) is 0 Å². The number of nitrogens with two attached hydrogens (primary N) is 1. The van der Waals surface area contributed by atoms with Gasteiger partial charge in [-0.3, -0.25) is 9.48 Å². The average Bonchev–Trinajstić information content (AvgIpc) is 2.86. The molecule has 2 aromatic rings. The zero-order valence-electron chi connectivity index (χ0n) is 11.5. The molecule has 1 atom stereocenters. The number of carbonyl (C=O) groups is 1. The van der Waals surface area contributed by atoms with Crippen LogP contribution in [0.15, 0.2) is 41.1 Å². The Morgan fingerprint density at radius 2 is 2.10 bits per heavy atom. The van der Waals surface area contributed by atoms with Crippen molar-refractivity contribution in [2.24, 2.45) is 12.8 Å². The number of rotatable bonds is 4. The lowest BCUT2D eigenvalue weighted by atomic mass is 10.1. The summed E-state index contributed by atoms with van der Waals surface area (Å²) in [7, 11) is 3.55. The summed E-state index contributed by atoms with van der Waals surface area (Å²) in [6.07, 6.45) is 3.38. The maximum atomic E-state index is 12.3. The van der Waals surface area contributed by atoms with Gasteiger partial charge in [0.1, 0.15) is 6.04 Å². The third-order valence-corrected chi connectivity index (χ3v) is 3.59. The molecule has 0 aliphatic heterocycles. The molecule has 0 radical (unpaired) electrons. The van der Waals surface area contributed by atoms with E-state index in [0.717, 1.165) is 15.6 Å². The second-order valence-electron chi connectivity index (χ2n) is 4.75. The number of carbonyl (C=O) groups excluding carboxylic acids is 1. The number of halogens is 1. The Kier molecular flexibility index (Phi) is 4.57. The first-order valence-electron chi connectivity index (χ1n) is 6.21. The molecular formula is C14H17BrN4O. The molecule has 20 heavy (non-hydrogen) atoms. The Hall–Kier alpha value is -1.66. The molecule has 0 aliphatic rings. The molecule has 1 aromatic carbocycles. The smallest absolute Gasteiger partial charge is 0.244 e. The topological polar surface area (TPSA) is 64.2 Å². The minimum atomic E-state index is -0.677. The molecule has 6 heteroatoms. The lowest BCUT2D eigenvalue weighted by Crippen LogP contribution is -2.35. The predicted octanol–water partition coefficient (Wildman–Crippen LogP) is 1.84. The number of likely N-dealkylation sites (N-methyl/N-ethyl adjacent to an activating group) is 1. The molecule has 1 unspecified atom stereocenters. The molecule has 1 amide bonds. The summed E-state index contributed by atoms with van der Waals surface area (Å²) >= 11 is 3.39. The molecular weight excluding hydrogens is 320 g/mol. The zero-order chi connectivity index (χ0) is 14.7. The fraction of sp³-hybridized carbons (Fsp3) is 0.286. The van der Waals surface area contributed by atoms with Crippen molar-refractivity contribution in [2.75, 3.05) is 7.05 Å². The lowest BCUT2D eigenvalue weighted by molar-refractivity contribution is -0.131. The van der Waals surface area contributed by atoms with Gasteiger partial charge in [0.05, 0.1) is 6.20 Å². The van der Waals surface area contributed by atoms with Crippen LogP contribution in [-0.4, -0.2) is 27.6 Å². The fourth-order valence-corrected chi connectivity index (χ4v) is 2.19. The van der Waals surface area contributed by atoms with Gasteiger partial charge in [-0.15, -0.1) is 0 Å². The van der Waals surface area contributed by atoms with Crippen molar-refractivity contribution < 1.29 is 4.79 Å². The van der Waals surface area contributed by atoms with Crippen molar-refractivity contribution in [1.82, 2.24) is 14.7 Å². The van der Waals surface area contributed by atoms with Gasteiger partial charge in [0.25, 0.3) is 0 Å². The third-order valence-electron chi connectivity index (χ3n) is 3.06. The van der Waals surface area contributed by atoms with Crippen LogP contribution >= 0.6 is 15.9 Å². The Balaban J connectivity index is 2.03. The maximum Gasteiger partial charge on any atom is 0.244 e. The highest BCUT2D eigenvalue weighted by atomic mass is 79.9. The van der Waals surface area contributed by atoms with E-state index in [9.17, 15) is 4.79 Å². The number of aromatic nitrogens is 2. The molecule has 0 saturated heterocycles. The van der Waals surface area contributed by atoms with E-state index in [2.05, 4.69) is 21.0 Å². The van der Waals surface area contributed by atoms with Crippen molar-refractivity contribution >= 4 is 21.8 Å². The molecule has 1 aromatic heterocycles. The first-order valence-corrected chi connectivity index (χ1v) is 7.00. The summed E-state index contributed by atoms with van der Waals surface area (Å²) in [5.41, 5.74) is 7.76. The normalized spacial score (nSPS) is 12.2. The number of amides is 1. The number of hydrogen-bond acceptors (Lipinski definition) is 3. The Labute approximate surface area is 126 Å². The second-order valence-corrected chi connectivity index (χ2v) is 5.66. The summed E-state index contributed by atoms with van der Waals surface area (Å²) < 4.78 is 2.65. The van der Waals surface area contributed by atoms with E-state index in [0.29, 0.717) is 6.54 Å². The van der Waals surface area contributed by atoms with Gasteiger partial charge in [-0.25, -0.2) is 0 Å². The number of benzene rings is 1. The number of nitrogens with zero attached hydrogens (tertiary/aromatic N) is 3. The summed E-state index contributed by atoms with van der Waals surface area (Å²) in [4.78, 5) is 13.9. The molecule has 1 heterocycles. The molecule has 2 N–H and O–H groups in total. The van der Waals surface area contributed by atoms with Gasteiger partial charge in [0.2, 0.25) is 5.91 Å². The van der Waals surface area contributed by atoms with Crippen molar-refractivity contribution in [3.05, 3.63) is 52.3 Å². The summed E-state index contributed by atoms with van der Waals surface area (Å²) in [5, 5.41) is 4.03. The van der Waals surface area contributed by atoms with Crippen LogP contribution < -0.4 is 5.73 Å². The van der Waals surface area contributed by atoms with Crippen molar-refractivity contribution in [3.63, 3.8) is 0 Å². The van der Waals surface area contributed by atoms with Crippen LogP contribution in [0, 0.1) is 0 Å². The Bertz CT molecular complexity index is 593. The molecule has 0 fully saturated rings. The van der Waals surface area contributed by atoms with E-state index in [4.69, 9.17) is 5.73 Å². The van der Waals surface area contributed by atoms with Crippen molar-refractivity contribution in [3.8, 4) is 0 Å². The molecule has 0 aliphatic carbocycles. The number of hydrogen-bond donors (Lipinski definition) is 1. The van der Waals surface area contributed by atoms with Gasteiger partial charge in [0.15, 0.2) is 0 Å². The highest BCUT2D eigenvalue weighted by molar-refractivity contribution is 9.10. The minimum Gasteiger partial charge on any atom is -0.340 e. The molecule has 0 bridgehead atoms. The van der Waals surface area contributed by atoms with Crippen LogP contribution in [0.2, 0.25) is 0 Å². The van der Waals surface area contributed by atoms with Gasteiger partial charge in [-0.2, -0.15) is 5.10 Å². The molecule has 2 rings (SSSR count). The van der Waals surface area contributed by atoms with E-state index in [-0.39, 0.29) is 5.91 Å². The van der Waals surface area contributed by atoms with Crippen LogP contribution in [0.5, 0.6) is 0 Å². The number of aryl methyl sites for hydroxylation is 1. The van der Waals surface area contributed by atoms with Crippen LogP contribution in [0.1, 0.15) is 17.2 Å². The highest BCUT2D eigenvalue weighted by Crippen LogP contribution is 2.15. The van der Waals surface area contributed by atoms with Gasteiger partial charge in [-0.05, 0) is 17.7 Å². The van der Waals surface area contributed by atoms with Crippen molar-refractivity contribution in [1.29, 1.82) is 0 Å². The first kappa shape index (κ1) is 14.7. The summed E-state index contributed by atoms with van der Waals surface area (Å²) in [6.45, 7) is 0.528. The van der Waals surface area contributed by atoms with E-state index >= 15 is 0 Å². The fourth-order valence-electron chi connectivity index (χ4n) is 1.92.